The summed E-state index contributed by atoms with van der Waals surface area (Å²) in [6.45, 7) is 7.51. The number of unbranched alkanes of at least 4 members (excludes halogenated alkanes) is 1. The number of anilines is 1. The molecule has 1 aliphatic rings. The van der Waals surface area contributed by atoms with Crippen molar-refractivity contribution in [3.63, 3.8) is 0 Å². The molecule has 2 aromatic carbocycles. The second-order valence-electron chi connectivity index (χ2n) is 21.7. The molecule has 2 heterocycles. The summed E-state index contributed by atoms with van der Waals surface area (Å²) in [4.78, 5) is 163. The Morgan fingerprint density at radius 3 is 2.00 bits per heavy atom. The summed E-state index contributed by atoms with van der Waals surface area (Å²) in [7, 11) is 1.45. The molecule has 0 unspecified atom stereocenters. The third-order valence-electron chi connectivity index (χ3n) is 13.8. The summed E-state index contributed by atoms with van der Waals surface area (Å²) in [6.07, 6.45) is 1.79. The average molecular weight is 1220 g/mol. The summed E-state index contributed by atoms with van der Waals surface area (Å²) in [5.41, 5.74) is 20.1. The van der Waals surface area contributed by atoms with Gasteiger partial charge in [0.15, 0.2) is 5.96 Å². The lowest BCUT2D eigenvalue weighted by Crippen LogP contribution is -2.59. The van der Waals surface area contributed by atoms with Crippen molar-refractivity contribution in [1.82, 2.24) is 42.1 Å². The van der Waals surface area contributed by atoms with Crippen LogP contribution in [0.15, 0.2) is 56.7 Å². The molecule has 32 heteroatoms. The molecule has 87 heavy (non-hydrogen) atoms. The van der Waals surface area contributed by atoms with Gasteiger partial charge >= 0.3 is 5.63 Å². The monoisotopic (exact) mass is 1220 g/mol. The van der Waals surface area contributed by atoms with Gasteiger partial charge in [-0.3, -0.25) is 68.4 Å². The van der Waals surface area contributed by atoms with Gasteiger partial charge in [-0.15, -0.1) is 0 Å². The van der Waals surface area contributed by atoms with Crippen molar-refractivity contribution in [1.29, 1.82) is 0 Å². The predicted octanol–water partition coefficient (Wildman–Crippen LogP) is -0.931. The summed E-state index contributed by atoms with van der Waals surface area (Å²) >= 11 is 0. The molecule has 4 rings (SSSR count). The van der Waals surface area contributed by atoms with Gasteiger partial charge in [-0.05, 0) is 107 Å². The number of guanidine groups is 1. The van der Waals surface area contributed by atoms with E-state index in [1.165, 1.54) is 31.1 Å². The van der Waals surface area contributed by atoms with E-state index in [4.69, 9.17) is 32.1 Å². The molecule has 0 saturated carbocycles. The fraction of sp³-hybridized carbons (Fsp3) is 0.545. The molecule has 476 valence electrons. The van der Waals surface area contributed by atoms with Crippen molar-refractivity contribution in [2.24, 2.45) is 39.8 Å². The first kappa shape index (κ1) is 70.0. The van der Waals surface area contributed by atoms with E-state index in [2.05, 4.69) is 47.5 Å². The number of likely N-dealkylation sites (tertiary alicyclic amines) is 1. The number of benzene rings is 2. The number of carbonyl (C=O) groups excluding carboxylic acids is 9. The van der Waals surface area contributed by atoms with E-state index in [0.29, 0.717) is 48.6 Å². The van der Waals surface area contributed by atoms with Crippen LogP contribution in [0.2, 0.25) is 0 Å². The van der Waals surface area contributed by atoms with Crippen molar-refractivity contribution in [2.75, 3.05) is 45.2 Å². The van der Waals surface area contributed by atoms with E-state index in [9.17, 15) is 68.2 Å². The Kier molecular flexibility index (Phi) is 27.2. The molecule has 0 aliphatic carbocycles. The molecule has 32 nitrogen and oxygen atoms in total. The highest BCUT2D eigenvalue weighted by molar-refractivity contribution is 5.98. The van der Waals surface area contributed by atoms with Crippen molar-refractivity contribution in [3.8, 4) is 5.75 Å². The Hall–Kier alpha value is -9.49. The number of nitro groups is 2. The zero-order valence-electron chi connectivity index (χ0n) is 49.5. The number of hydrogen-bond donors (Lipinski definition) is 12. The number of nitrogens with one attached hydrogen (secondary N) is 8. The largest absolute Gasteiger partial charge is 0.497 e. The van der Waals surface area contributed by atoms with Gasteiger partial charge in [-0.2, -0.15) is 0 Å². The van der Waals surface area contributed by atoms with Crippen LogP contribution in [0.1, 0.15) is 98.0 Å². The molecule has 1 aromatic heterocycles. The predicted molar refractivity (Wildman–Crippen MR) is 317 cm³/mol. The van der Waals surface area contributed by atoms with Crippen molar-refractivity contribution in [3.05, 3.63) is 78.7 Å². The van der Waals surface area contributed by atoms with Crippen LogP contribution in [0, 0.1) is 32.1 Å². The van der Waals surface area contributed by atoms with Gasteiger partial charge in [0.25, 0.3) is 11.4 Å². The number of nitrogens with two attached hydrogens (primary N) is 4. The molecule has 0 spiro atoms. The number of primary amides is 1. The van der Waals surface area contributed by atoms with E-state index in [1.54, 1.807) is 39.8 Å². The van der Waals surface area contributed by atoms with E-state index in [0.717, 1.165) is 12.1 Å². The minimum atomic E-state index is -1.69. The number of nitro benzene ring substituents is 2. The molecule has 16 N–H and O–H groups in total. The van der Waals surface area contributed by atoms with Gasteiger partial charge in [0.05, 0.1) is 36.0 Å². The number of rotatable bonds is 35. The lowest BCUT2D eigenvalue weighted by atomic mass is 10.0. The third kappa shape index (κ3) is 22.1. The zero-order chi connectivity index (χ0) is 64.7. The maximum Gasteiger partial charge on any atom is 0.336 e. The van der Waals surface area contributed by atoms with Crippen molar-refractivity contribution >= 4 is 87.2 Å². The number of nitrogens with zero attached hydrogens (tertiary/aromatic N) is 4. The summed E-state index contributed by atoms with van der Waals surface area (Å²) in [5, 5.41) is 44.4. The number of carbonyl (C=O) groups is 9. The van der Waals surface area contributed by atoms with E-state index in [-0.39, 0.29) is 87.1 Å². The fourth-order valence-corrected chi connectivity index (χ4v) is 9.46. The van der Waals surface area contributed by atoms with Crippen LogP contribution in [0.25, 0.3) is 11.0 Å². The number of non-ortho nitro benzene ring substituents is 1. The van der Waals surface area contributed by atoms with Gasteiger partial charge < -0.3 is 79.5 Å². The minimum Gasteiger partial charge on any atom is -0.497 e. The van der Waals surface area contributed by atoms with Gasteiger partial charge in [-0.1, -0.05) is 27.7 Å². The van der Waals surface area contributed by atoms with E-state index >= 15 is 0 Å². The highest BCUT2D eigenvalue weighted by atomic mass is 16.6. The number of hydrogen-bond acceptors (Lipinski definition) is 19. The Labute approximate surface area is 500 Å². The van der Waals surface area contributed by atoms with Crippen LogP contribution in [-0.2, 0) is 49.6 Å². The van der Waals surface area contributed by atoms with Gasteiger partial charge in [0.2, 0.25) is 53.2 Å². The lowest BCUT2D eigenvalue weighted by molar-refractivity contribution is -0.393. The summed E-state index contributed by atoms with van der Waals surface area (Å²) in [5.74, 6) is -7.48. The molecular formula is C55H80N16O16. The van der Waals surface area contributed by atoms with Crippen molar-refractivity contribution < 1.29 is 62.2 Å². The minimum absolute atomic E-state index is 0.0139. The molecule has 3 aromatic rings. The van der Waals surface area contributed by atoms with Crippen LogP contribution < -0.4 is 75.8 Å². The standard InChI is InChI=1S/C55H80N16O16/c1-29(2)21-39(67-53(80)42-13-10-20-69(42)54(81)38(11-7-8-18-56)64-45(72)23-32-24-47(74)87-44-26-34(86-6)15-16-35(32)44)50(77)62-28-46(73)65-40(22-30(3)4)51(78)68-41(27-61-36-17-14-33(70(82)83)25-43(36)71(84)85)52(79)63-31(5)49(76)66-37(48(57)75)12-9-19-60-55(58)59/h14-17,24-26,29-31,37-42,61H,7-13,18-23,27-28,56H2,1-6H3,(H2,57,75)(H,62,77)(H,63,79)(H,64,72)(H,65,73)(H,66,76)(H,67,80)(H,68,78)(H4,58,59,60)/t31-,37-,38-,39-,40-,41-,42-/m0/s1. The SMILES string of the molecule is COc1ccc2c(CC(=O)N[C@@H](CCCCN)C(=O)N3CCC[C@H]3C(=O)N[C@@H](CC(C)C)C(=O)NCC(=O)N[C@@H](CC(C)C)C(=O)N[C@@H](CNc3ccc([N+](=O)[O-])cc3[N+](=O)[O-])C(=O)N[C@@H](C)C(=O)N[C@@H](CCCN=C(N)N)C(N)=O)cc(=O)oc2c1. The molecule has 0 radical (unpaired) electrons. The fourth-order valence-electron chi connectivity index (χ4n) is 9.46. The first-order valence-electron chi connectivity index (χ1n) is 28.3. The second-order valence-corrected chi connectivity index (χ2v) is 21.7. The summed E-state index contributed by atoms with van der Waals surface area (Å²) in [6, 6.07) is -0.420. The Morgan fingerprint density at radius 1 is 0.736 bits per heavy atom. The smallest absolute Gasteiger partial charge is 0.336 e. The highest BCUT2D eigenvalue weighted by Crippen LogP contribution is 2.29. The molecule has 7 atom stereocenters. The summed E-state index contributed by atoms with van der Waals surface area (Å²) < 4.78 is 10.6. The maximum atomic E-state index is 14.3. The number of methoxy groups -OCH3 is 1. The first-order chi connectivity index (χ1) is 41.1. The van der Waals surface area contributed by atoms with Crippen LogP contribution in [0.5, 0.6) is 5.75 Å². The normalized spacial score (nSPS) is 14.9. The average Bonchev–Trinajstić information content (AvgIpc) is 2.93. The molecule has 1 fully saturated rings. The van der Waals surface area contributed by atoms with Gasteiger partial charge in [0.1, 0.15) is 59.3 Å². The van der Waals surface area contributed by atoms with Crippen LogP contribution in [0.4, 0.5) is 17.1 Å². The number of amides is 9. The van der Waals surface area contributed by atoms with Crippen molar-refractivity contribution in [2.45, 2.75) is 141 Å². The molecule has 9 amide bonds. The molecule has 1 aliphatic heterocycles. The second kappa shape index (κ2) is 33.9. The number of ether oxygens (including phenoxy) is 1. The number of fused-ring (bicyclic) bond motifs is 1. The Morgan fingerprint density at radius 2 is 1.38 bits per heavy atom. The maximum absolute atomic E-state index is 14.3. The quantitative estimate of drug-likeness (QED) is 0.00845. The topological polar surface area (TPSA) is 495 Å². The van der Waals surface area contributed by atoms with Gasteiger partial charge in [0, 0.05) is 43.2 Å². The highest BCUT2D eigenvalue weighted by Gasteiger charge is 2.39. The van der Waals surface area contributed by atoms with Gasteiger partial charge in [-0.25, -0.2) is 4.79 Å². The molecular weight excluding hydrogens is 1140 g/mol. The molecule has 1 saturated heterocycles. The Balaban J connectivity index is 1.48. The molecule has 0 bridgehead atoms. The lowest BCUT2D eigenvalue weighted by Gasteiger charge is -2.30. The first-order valence-corrected chi connectivity index (χ1v) is 28.3. The van der Waals surface area contributed by atoms with Crippen LogP contribution in [-0.4, -0.2) is 156 Å². The zero-order valence-corrected chi connectivity index (χ0v) is 49.5. The Bertz CT molecular complexity index is 3080. The van der Waals surface area contributed by atoms with E-state index in [1.807, 2.05) is 0 Å². The van der Waals surface area contributed by atoms with Crippen LogP contribution >= 0.6 is 0 Å². The van der Waals surface area contributed by atoms with E-state index < -0.39 is 135 Å². The third-order valence-corrected chi connectivity index (χ3v) is 13.8. The number of aliphatic imine (C=N–C) groups is 1. The van der Waals surface area contributed by atoms with Crippen LogP contribution in [0.3, 0.4) is 0 Å².